The number of nitrogen functional groups attached to an aromatic ring is 1. The topological polar surface area (TPSA) is 112 Å². The van der Waals surface area contributed by atoms with Crippen LogP contribution in [0.4, 0.5) is 5.69 Å². The molecule has 1 rings (SSSR count). The number of nitrogens with two attached hydrogens (primary N) is 1. The maximum atomic E-state index is 11.5. The van der Waals surface area contributed by atoms with Crippen LogP contribution >= 0.6 is 0 Å². The molecule has 18 heavy (non-hydrogen) atoms. The van der Waals surface area contributed by atoms with Gasteiger partial charge in [0, 0.05) is 18.0 Å². The molecule has 98 valence electrons. The third kappa shape index (κ3) is 3.62. The van der Waals surface area contributed by atoms with Gasteiger partial charge in [-0.05, 0) is 12.5 Å². The standard InChI is InChI=1S/C11H14N2O5/c1-2-8(11(16)17)18-10(15)6-13-5-7(12)3-4-9(13)14/h3-5,8H,2,6,12H2,1H3,(H,16,17). The Morgan fingerprint density at radius 1 is 1.50 bits per heavy atom. The van der Waals surface area contributed by atoms with Crippen molar-refractivity contribution in [3.63, 3.8) is 0 Å². The van der Waals surface area contributed by atoms with Crippen LogP contribution in [0.15, 0.2) is 23.1 Å². The molecule has 7 nitrogen and oxygen atoms in total. The number of hydrogen-bond donors (Lipinski definition) is 2. The second kappa shape index (κ2) is 5.85. The number of aromatic nitrogens is 1. The van der Waals surface area contributed by atoms with Crippen molar-refractivity contribution in [1.82, 2.24) is 4.57 Å². The molecule has 0 aliphatic heterocycles. The Balaban J connectivity index is 2.73. The molecule has 7 heteroatoms. The minimum Gasteiger partial charge on any atom is -0.479 e. The number of carbonyl (C=O) groups excluding carboxylic acids is 1. The van der Waals surface area contributed by atoms with Crippen LogP contribution in [0, 0.1) is 0 Å². The third-order valence-electron chi connectivity index (χ3n) is 2.23. The molecule has 1 aromatic rings. The molecular weight excluding hydrogens is 240 g/mol. The zero-order chi connectivity index (χ0) is 13.7. The van der Waals surface area contributed by atoms with Crippen LogP contribution in [0.1, 0.15) is 13.3 Å². The summed E-state index contributed by atoms with van der Waals surface area (Å²) in [5.41, 5.74) is 5.39. The summed E-state index contributed by atoms with van der Waals surface area (Å²) < 4.78 is 5.78. The van der Waals surface area contributed by atoms with Crippen molar-refractivity contribution in [2.24, 2.45) is 0 Å². The number of aliphatic carboxylic acids is 1. The summed E-state index contributed by atoms with van der Waals surface area (Å²) >= 11 is 0. The van der Waals surface area contributed by atoms with Crippen LogP contribution in [0.3, 0.4) is 0 Å². The molecule has 0 radical (unpaired) electrons. The summed E-state index contributed by atoms with van der Waals surface area (Å²) in [4.78, 5) is 33.5. The van der Waals surface area contributed by atoms with Gasteiger partial charge in [-0.2, -0.15) is 0 Å². The fourth-order valence-corrected chi connectivity index (χ4v) is 1.32. The van der Waals surface area contributed by atoms with Crippen LogP contribution in [-0.2, 0) is 20.9 Å². The van der Waals surface area contributed by atoms with Gasteiger partial charge in [-0.3, -0.25) is 9.59 Å². The Hall–Kier alpha value is -2.31. The van der Waals surface area contributed by atoms with E-state index in [-0.39, 0.29) is 13.0 Å². The number of anilines is 1. The van der Waals surface area contributed by atoms with Gasteiger partial charge in [0.1, 0.15) is 6.54 Å². The summed E-state index contributed by atoms with van der Waals surface area (Å²) in [5.74, 6) is -2.01. The highest BCUT2D eigenvalue weighted by Crippen LogP contribution is 2.01. The molecule has 0 fully saturated rings. The largest absolute Gasteiger partial charge is 0.479 e. The smallest absolute Gasteiger partial charge is 0.345 e. The summed E-state index contributed by atoms with van der Waals surface area (Å²) in [6.45, 7) is 1.21. The van der Waals surface area contributed by atoms with E-state index in [2.05, 4.69) is 0 Å². The van der Waals surface area contributed by atoms with Gasteiger partial charge in [-0.25, -0.2) is 4.79 Å². The molecule has 0 aliphatic rings. The van der Waals surface area contributed by atoms with Crippen LogP contribution in [0.25, 0.3) is 0 Å². The van der Waals surface area contributed by atoms with Crippen molar-refractivity contribution in [2.45, 2.75) is 26.0 Å². The lowest BCUT2D eigenvalue weighted by atomic mass is 10.3. The minimum atomic E-state index is -1.22. The highest BCUT2D eigenvalue weighted by Gasteiger charge is 2.20. The van der Waals surface area contributed by atoms with Gasteiger partial charge < -0.3 is 20.1 Å². The zero-order valence-electron chi connectivity index (χ0n) is 9.83. The molecule has 0 saturated heterocycles. The van der Waals surface area contributed by atoms with E-state index < -0.39 is 23.6 Å². The van der Waals surface area contributed by atoms with Crippen molar-refractivity contribution < 1.29 is 19.4 Å². The fourth-order valence-electron chi connectivity index (χ4n) is 1.32. The lowest BCUT2D eigenvalue weighted by Gasteiger charge is -2.12. The molecular formula is C11H14N2O5. The van der Waals surface area contributed by atoms with Gasteiger partial charge in [0.05, 0.1) is 0 Å². The minimum absolute atomic E-state index is 0.160. The van der Waals surface area contributed by atoms with Crippen molar-refractivity contribution >= 4 is 17.6 Å². The lowest BCUT2D eigenvalue weighted by molar-refractivity contribution is -0.164. The van der Waals surface area contributed by atoms with Crippen LogP contribution in [-0.4, -0.2) is 27.7 Å². The lowest BCUT2D eigenvalue weighted by Crippen LogP contribution is -2.30. The van der Waals surface area contributed by atoms with E-state index in [0.29, 0.717) is 5.69 Å². The number of carbonyl (C=O) groups is 2. The molecule has 1 unspecified atom stereocenters. The van der Waals surface area contributed by atoms with Crippen LogP contribution in [0.5, 0.6) is 0 Å². The summed E-state index contributed by atoms with van der Waals surface area (Å²) in [7, 11) is 0. The summed E-state index contributed by atoms with van der Waals surface area (Å²) in [6, 6.07) is 2.63. The van der Waals surface area contributed by atoms with Gasteiger partial charge in [0.15, 0.2) is 6.10 Å². The Kier molecular flexibility index (Phi) is 4.47. The third-order valence-corrected chi connectivity index (χ3v) is 2.23. The Bertz CT molecular complexity index is 508. The number of carboxylic acids is 1. The quantitative estimate of drug-likeness (QED) is 0.706. The van der Waals surface area contributed by atoms with Crippen molar-refractivity contribution in [3.05, 3.63) is 28.7 Å². The molecule has 0 spiro atoms. The van der Waals surface area contributed by atoms with E-state index in [1.54, 1.807) is 6.92 Å². The zero-order valence-corrected chi connectivity index (χ0v) is 9.83. The predicted octanol–water partition coefficient (Wildman–Crippen LogP) is -0.163. The van der Waals surface area contributed by atoms with E-state index in [1.807, 2.05) is 0 Å². The number of carboxylic acid groups (broad SMARTS) is 1. The van der Waals surface area contributed by atoms with E-state index in [4.69, 9.17) is 15.6 Å². The van der Waals surface area contributed by atoms with Crippen LogP contribution < -0.4 is 11.3 Å². The first-order valence-corrected chi connectivity index (χ1v) is 5.32. The predicted molar refractivity (Wildman–Crippen MR) is 62.9 cm³/mol. The van der Waals surface area contributed by atoms with E-state index in [9.17, 15) is 14.4 Å². The Morgan fingerprint density at radius 2 is 2.17 bits per heavy atom. The molecule has 0 amide bonds. The van der Waals surface area contributed by atoms with E-state index >= 15 is 0 Å². The van der Waals surface area contributed by atoms with E-state index in [1.165, 1.54) is 18.3 Å². The summed E-state index contributed by atoms with van der Waals surface area (Å²) in [6.07, 6.45) is 0.257. The van der Waals surface area contributed by atoms with E-state index in [0.717, 1.165) is 4.57 Å². The second-order valence-corrected chi connectivity index (χ2v) is 3.65. The van der Waals surface area contributed by atoms with Gasteiger partial charge in [0.2, 0.25) is 0 Å². The highest BCUT2D eigenvalue weighted by molar-refractivity contribution is 5.77. The van der Waals surface area contributed by atoms with Gasteiger partial charge in [-0.1, -0.05) is 6.92 Å². The SMILES string of the molecule is CCC(OC(=O)Cn1cc(N)ccc1=O)C(=O)O. The number of hydrogen-bond acceptors (Lipinski definition) is 5. The maximum Gasteiger partial charge on any atom is 0.345 e. The number of rotatable bonds is 5. The fraction of sp³-hybridized carbons (Fsp3) is 0.364. The molecule has 0 aromatic carbocycles. The highest BCUT2D eigenvalue weighted by atomic mass is 16.6. The van der Waals surface area contributed by atoms with Gasteiger partial charge >= 0.3 is 11.9 Å². The number of pyridine rings is 1. The first kappa shape index (κ1) is 13.8. The second-order valence-electron chi connectivity index (χ2n) is 3.65. The van der Waals surface area contributed by atoms with Crippen molar-refractivity contribution in [1.29, 1.82) is 0 Å². The molecule has 1 atom stereocenters. The molecule has 1 aromatic heterocycles. The average Bonchev–Trinajstić information content (AvgIpc) is 2.30. The van der Waals surface area contributed by atoms with Crippen LogP contribution in [0.2, 0.25) is 0 Å². The van der Waals surface area contributed by atoms with Crippen molar-refractivity contribution in [2.75, 3.05) is 5.73 Å². The van der Waals surface area contributed by atoms with Crippen molar-refractivity contribution in [3.8, 4) is 0 Å². The first-order valence-electron chi connectivity index (χ1n) is 5.32. The number of ether oxygens (including phenoxy) is 1. The normalized spacial score (nSPS) is 11.8. The van der Waals surface area contributed by atoms with Gasteiger partial charge in [0.25, 0.3) is 5.56 Å². The molecule has 1 heterocycles. The summed E-state index contributed by atoms with van der Waals surface area (Å²) in [5, 5.41) is 8.72. The average molecular weight is 254 g/mol. The molecule has 3 N–H and O–H groups in total. The maximum absolute atomic E-state index is 11.5. The molecule has 0 bridgehead atoms. The van der Waals surface area contributed by atoms with Gasteiger partial charge in [-0.15, -0.1) is 0 Å². The Labute approximate surface area is 103 Å². The number of esters is 1. The first-order chi connectivity index (χ1) is 8.43. The number of nitrogens with zero attached hydrogens (tertiary/aromatic N) is 1. The molecule has 0 aliphatic carbocycles. The molecule has 0 saturated carbocycles. The Morgan fingerprint density at radius 3 is 2.72 bits per heavy atom. The monoisotopic (exact) mass is 254 g/mol.